The molecule has 7 heteroatoms. The smallest absolute Gasteiger partial charge is 0.143 e. The highest BCUT2D eigenvalue weighted by molar-refractivity contribution is 5.60. The summed E-state index contributed by atoms with van der Waals surface area (Å²) >= 11 is 0. The number of imidazole rings is 1. The summed E-state index contributed by atoms with van der Waals surface area (Å²) in [7, 11) is 0. The van der Waals surface area contributed by atoms with Gasteiger partial charge in [0.15, 0.2) is 0 Å². The lowest BCUT2D eigenvalue weighted by Crippen LogP contribution is -2.05. The van der Waals surface area contributed by atoms with Crippen molar-refractivity contribution in [2.24, 2.45) is 0 Å². The van der Waals surface area contributed by atoms with E-state index in [0.717, 1.165) is 17.2 Å². The van der Waals surface area contributed by atoms with E-state index in [1.807, 2.05) is 24.3 Å². The minimum atomic E-state index is 0.617. The van der Waals surface area contributed by atoms with Gasteiger partial charge in [-0.1, -0.05) is 12.1 Å². The minimum absolute atomic E-state index is 0.617. The summed E-state index contributed by atoms with van der Waals surface area (Å²) in [5.41, 5.74) is 1.84. The molecular weight excluding hydrogens is 230 g/mol. The third-order valence-electron chi connectivity index (χ3n) is 2.50. The van der Waals surface area contributed by atoms with Gasteiger partial charge in [0.1, 0.15) is 12.2 Å². The van der Waals surface area contributed by atoms with E-state index >= 15 is 0 Å². The molecule has 7 nitrogen and oxygen atoms in total. The molecule has 2 heterocycles. The second-order valence-electron chi connectivity index (χ2n) is 3.66. The van der Waals surface area contributed by atoms with E-state index in [4.69, 9.17) is 0 Å². The highest BCUT2D eigenvalue weighted by Crippen LogP contribution is 2.18. The lowest BCUT2D eigenvalue weighted by atomic mass is 10.2. The van der Waals surface area contributed by atoms with Crippen molar-refractivity contribution in [3.8, 4) is 5.69 Å². The summed E-state index contributed by atoms with van der Waals surface area (Å²) < 4.78 is 1.62. The quantitative estimate of drug-likeness (QED) is 0.711. The molecule has 0 spiro atoms. The SMILES string of the molecule is c1ccc(-n2cnnn2)c(NCc2ncc[nH]2)c1. The van der Waals surface area contributed by atoms with Crippen LogP contribution in [0.25, 0.3) is 5.69 Å². The van der Waals surface area contributed by atoms with E-state index in [9.17, 15) is 0 Å². The van der Waals surface area contributed by atoms with Gasteiger partial charge >= 0.3 is 0 Å². The predicted molar refractivity (Wildman–Crippen MR) is 65.1 cm³/mol. The summed E-state index contributed by atoms with van der Waals surface area (Å²) in [4.78, 5) is 7.20. The van der Waals surface area contributed by atoms with Crippen LogP contribution in [0.2, 0.25) is 0 Å². The van der Waals surface area contributed by atoms with Gasteiger partial charge in [0.05, 0.1) is 17.9 Å². The molecule has 0 aliphatic rings. The first kappa shape index (κ1) is 10.5. The Morgan fingerprint density at radius 3 is 3.00 bits per heavy atom. The third kappa shape index (κ3) is 2.05. The Kier molecular flexibility index (Phi) is 2.71. The van der Waals surface area contributed by atoms with E-state index in [2.05, 4.69) is 30.8 Å². The molecule has 0 fully saturated rings. The Hall–Kier alpha value is -2.70. The summed E-state index contributed by atoms with van der Waals surface area (Å²) in [5, 5.41) is 14.4. The maximum Gasteiger partial charge on any atom is 0.143 e. The van der Waals surface area contributed by atoms with Crippen LogP contribution >= 0.6 is 0 Å². The van der Waals surface area contributed by atoms with Crippen molar-refractivity contribution in [1.29, 1.82) is 0 Å². The van der Waals surface area contributed by atoms with Crippen LogP contribution in [0.1, 0.15) is 5.82 Å². The molecule has 1 aromatic carbocycles. The third-order valence-corrected chi connectivity index (χ3v) is 2.50. The van der Waals surface area contributed by atoms with Gasteiger partial charge in [-0.05, 0) is 22.6 Å². The standard InChI is InChI=1S/C11H11N7/c1-2-4-10(18-8-15-16-17-18)9(3-1)14-7-11-12-5-6-13-11/h1-6,8,14H,7H2,(H,12,13). The minimum Gasteiger partial charge on any atom is -0.376 e. The topological polar surface area (TPSA) is 84.3 Å². The van der Waals surface area contributed by atoms with Crippen molar-refractivity contribution in [2.45, 2.75) is 6.54 Å². The van der Waals surface area contributed by atoms with E-state index < -0.39 is 0 Å². The number of tetrazole rings is 1. The number of aromatic nitrogens is 6. The number of aromatic amines is 1. The molecule has 3 aromatic rings. The number of benzene rings is 1. The molecule has 90 valence electrons. The average Bonchev–Trinajstić information content (AvgIpc) is 3.10. The number of nitrogens with one attached hydrogen (secondary N) is 2. The molecule has 3 rings (SSSR count). The second kappa shape index (κ2) is 4.66. The molecule has 0 bridgehead atoms. The van der Waals surface area contributed by atoms with Gasteiger partial charge in [-0.25, -0.2) is 4.98 Å². The molecule has 18 heavy (non-hydrogen) atoms. The number of nitrogens with zero attached hydrogens (tertiary/aromatic N) is 5. The summed E-state index contributed by atoms with van der Waals surface area (Å²) in [6.45, 7) is 0.617. The van der Waals surface area contributed by atoms with Gasteiger partial charge in [-0.3, -0.25) is 0 Å². The highest BCUT2D eigenvalue weighted by Gasteiger charge is 2.05. The fraction of sp³-hybridized carbons (Fsp3) is 0.0909. The number of rotatable bonds is 4. The maximum atomic E-state index is 4.16. The van der Waals surface area contributed by atoms with Crippen molar-refractivity contribution in [1.82, 2.24) is 30.2 Å². The number of hydrogen-bond donors (Lipinski definition) is 2. The average molecular weight is 241 g/mol. The van der Waals surface area contributed by atoms with E-state index in [0.29, 0.717) is 6.54 Å². The van der Waals surface area contributed by atoms with Gasteiger partial charge in [-0.15, -0.1) is 5.10 Å². The maximum absolute atomic E-state index is 4.16. The molecular formula is C11H11N7. The Morgan fingerprint density at radius 1 is 1.28 bits per heavy atom. The Labute approximate surface area is 103 Å². The van der Waals surface area contributed by atoms with Crippen LogP contribution < -0.4 is 5.32 Å². The zero-order valence-electron chi connectivity index (χ0n) is 9.48. The first-order chi connectivity index (χ1) is 8.93. The number of para-hydroxylation sites is 2. The lowest BCUT2D eigenvalue weighted by molar-refractivity contribution is 0.789. The van der Waals surface area contributed by atoms with E-state index in [1.165, 1.54) is 0 Å². The van der Waals surface area contributed by atoms with Gasteiger partial charge in [0.2, 0.25) is 0 Å². The zero-order valence-corrected chi connectivity index (χ0v) is 9.48. The van der Waals surface area contributed by atoms with Crippen molar-refractivity contribution >= 4 is 5.69 Å². The van der Waals surface area contributed by atoms with Crippen LogP contribution in [0.4, 0.5) is 5.69 Å². The molecule has 2 N–H and O–H groups in total. The normalized spacial score (nSPS) is 10.4. The second-order valence-corrected chi connectivity index (χ2v) is 3.66. The predicted octanol–water partition coefficient (Wildman–Crippen LogP) is 0.997. The number of anilines is 1. The van der Waals surface area contributed by atoms with E-state index in [1.54, 1.807) is 23.4 Å². The fourth-order valence-corrected chi connectivity index (χ4v) is 1.67. The largest absolute Gasteiger partial charge is 0.376 e. The van der Waals surface area contributed by atoms with Gasteiger partial charge in [0, 0.05) is 12.4 Å². The van der Waals surface area contributed by atoms with Crippen LogP contribution in [0.3, 0.4) is 0 Å². The van der Waals surface area contributed by atoms with Crippen LogP contribution in [0.5, 0.6) is 0 Å². The Balaban J connectivity index is 1.84. The Morgan fingerprint density at radius 2 is 2.22 bits per heavy atom. The molecule has 0 aliphatic heterocycles. The fourth-order valence-electron chi connectivity index (χ4n) is 1.67. The van der Waals surface area contributed by atoms with Crippen LogP contribution in [-0.2, 0) is 6.54 Å². The van der Waals surface area contributed by atoms with Crippen LogP contribution in [0, 0.1) is 0 Å². The first-order valence-corrected chi connectivity index (χ1v) is 5.48. The molecule has 0 atom stereocenters. The molecule has 0 unspecified atom stereocenters. The lowest BCUT2D eigenvalue weighted by Gasteiger charge is -2.09. The zero-order chi connectivity index (χ0) is 12.2. The van der Waals surface area contributed by atoms with E-state index in [-0.39, 0.29) is 0 Å². The van der Waals surface area contributed by atoms with Gasteiger partial charge < -0.3 is 10.3 Å². The monoisotopic (exact) mass is 241 g/mol. The molecule has 0 aliphatic carbocycles. The Bertz CT molecular complexity index is 600. The van der Waals surface area contributed by atoms with Crippen molar-refractivity contribution in [3.63, 3.8) is 0 Å². The number of hydrogen-bond acceptors (Lipinski definition) is 5. The molecule has 0 saturated carbocycles. The van der Waals surface area contributed by atoms with Gasteiger partial charge in [0.25, 0.3) is 0 Å². The highest BCUT2D eigenvalue weighted by atomic mass is 15.5. The van der Waals surface area contributed by atoms with Crippen molar-refractivity contribution in [2.75, 3.05) is 5.32 Å². The summed E-state index contributed by atoms with van der Waals surface area (Å²) in [6, 6.07) is 7.81. The van der Waals surface area contributed by atoms with Crippen LogP contribution in [-0.4, -0.2) is 30.2 Å². The molecule has 0 radical (unpaired) electrons. The van der Waals surface area contributed by atoms with Crippen LogP contribution in [0.15, 0.2) is 43.0 Å². The van der Waals surface area contributed by atoms with Crippen molar-refractivity contribution in [3.05, 3.63) is 48.8 Å². The summed E-state index contributed by atoms with van der Waals surface area (Å²) in [6.07, 6.45) is 5.09. The molecule has 0 saturated heterocycles. The van der Waals surface area contributed by atoms with Crippen molar-refractivity contribution < 1.29 is 0 Å². The number of H-pyrrole nitrogens is 1. The molecule has 0 amide bonds. The first-order valence-electron chi connectivity index (χ1n) is 5.48. The summed E-state index contributed by atoms with van der Waals surface area (Å²) in [5.74, 6) is 0.876. The van der Waals surface area contributed by atoms with Gasteiger partial charge in [-0.2, -0.15) is 4.68 Å². The molecule has 2 aromatic heterocycles.